The van der Waals surface area contributed by atoms with Crippen LogP contribution in [0.4, 0.5) is 0 Å². The van der Waals surface area contributed by atoms with E-state index in [9.17, 15) is 0 Å². The van der Waals surface area contributed by atoms with Gasteiger partial charge in [-0.15, -0.1) is 0 Å². The summed E-state index contributed by atoms with van der Waals surface area (Å²) in [7, 11) is 0. The molecule has 0 heterocycles. The van der Waals surface area contributed by atoms with E-state index >= 15 is 0 Å². The van der Waals surface area contributed by atoms with Gasteiger partial charge in [-0.05, 0) is 28.5 Å². The molecule has 0 saturated carbocycles. The van der Waals surface area contributed by atoms with E-state index in [1.165, 1.54) is 16.7 Å². The first-order valence-electron chi connectivity index (χ1n) is 5.92. The first kappa shape index (κ1) is 10.5. The maximum atomic E-state index is 2.47. The summed E-state index contributed by atoms with van der Waals surface area (Å²) in [6.45, 7) is 9.18. The Hall–Kier alpha value is -1.04. The van der Waals surface area contributed by atoms with Crippen LogP contribution in [0.2, 0.25) is 0 Å². The number of hydrogen-bond donors (Lipinski definition) is 0. The van der Waals surface area contributed by atoms with Gasteiger partial charge in [0.2, 0.25) is 0 Å². The molecule has 1 unspecified atom stereocenters. The largest absolute Gasteiger partial charge is 0.0726 e. The van der Waals surface area contributed by atoms with Crippen LogP contribution in [0, 0.1) is 11.8 Å². The molecule has 0 aromatic heterocycles. The predicted molar refractivity (Wildman–Crippen MR) is 66.8 cm³/mol. The van der Waals surface area contributed by atoms with Gasteiger partial charge in [-0.1, -0.05) is 58.0 Å². The Morgan fingerprint density at radius 1 is 1.00 bits per heavy atom. The van der Waals surface area contributed by atoms with Crippen molar-refractivity contribution in [1.29, 1.82) is 0 Å². The standard InChI is InChI=1S/C15H20/c1-10(2)14-9-15(11(3)4)13-8-6-5-7-12(13)14/h5-11,14H,1-4H3. The van der Waals surface area contributed by atoms with Crippen LogP contribution in [0.1, 0.15) is 44.7 Å². The van der Waals surface area contributed by atoms with E-state index in [1.54, 1.807) is 0 Å². The lowest BCUT2D eigenvalue weighted by Crippen LogP contribution is -2.00. The zero-order valence-electron chi connectivity index (χ0n) is 10.1. The SMILES string of the molecule is CC(C)C1=CC(C(C)C)c2ccccc21. The van der Waals surface area contributed by atoms with E-state index in [4.69, 9.17) is 0 Å². The van der Waals surface area contributed by atoms with Gasteiger partial charge in [0.25, 0.3) is 0 Å². The summed E-state index contributed by atoms with van der Waals surface area (Å²) in [5.74, 6) is 1.95. The molecule has 0 spiro atoms. The Morgan fingerprint density at radius 3 is 2.27 bits per heavy atom. The van der Waals surface area contributed by atoms with Crippen molar-refractivity contribution in [1.82, 2.24) is 0 Å². The van der Waals surface area contributed by atoms with E-state index in [1.807, 2.05) is 0 Å². The Kier molecular flexibility index (Phi) is 2.68. The van der Waals surface area contributed by atoms with Crippen molar-refractivity contribution in [2.45, 2.75) is 33.6 Å². The molecule has 0 N–H and O–H groups in total. The van der Waals surface area contributed by atoms with Crippen molar-refractivity contribution in [2.75, 3.05) is 0 Å². The summed E-state index contributed by atoms with van der Waals surface area (Å²) in [4.78, 5) is 0. The molecule has 1 aromatic carbocycles. The second-order valence-electron chi connectivity index (χ2n) is 5.13. The normalized spacial score (nSPS) is 19.6. The van der Waals surface area contributed by atoms with Crippen LogP contribution in [-0.4, -0.2) is 0 Å². The van der Waals surface area contributed by atoms with E-state index in [-0.39, 0.29) is 0 Å². The highest BCUT2D eigenvalue weighted by atomic mass is 14.3. The lowest BCUT2D eigenvalue weighted by atomic mass is 9.90. The van der Waals surface area contributed by atoms with Crippen LogP contribution >= 0.6 is 0 Å². The van der Waals surface area contributed by atoms with E-state index in [0.29, 0.717) is 17.8 Å². The molecule has 1 aliphatic rings. The average Bonchev–Trinajstić information content (AvgIpc) is 2.56. The molecule has 0 saturated heterocycles. The molecule has 0 nitrogen and oxygen atoms in total. The third kappa shape index (κ3) is 1.73. The first-order valence-corrected chi connectivity index (χ1v) is 5.92. The van der Waals surface area contributed by atoms with Crippen LogP contribution in [-0.2, 0) is 0 Å². The molecule has 1 atom stereocenters. The maximum Gasteiger partial charge on any atom is 0.00531 e. The molecule has 1 aliphatic carbocycles. The molecule has 80 valence electrons. The van der Waals surface area contributed by atoms with Crippen LogP contribution in [0.3, 0.4) is 0 Å². The highest BCUT2D eigenvalue weighted by Crippen LogP contribution is 2.42. The molecule has 0 aliphatic heterocycles. The van der Waals surface area contributed by atoms with Gasteiger partial charge in [0, 0.05) is 5.92 Å². The van der Waals surface area contributed by atoms with E-state index in [2.05, 4.69) is 58.0 Å². The summed E-state index contributed by atoms with van der Waals surface area (Å²) in [6, 6.07) is 8.86. The fraction of sp³-hybridized carbons (Fsp3) is 0.467. The van der Waals surface area contributed by atoms with E-state index in [0.717, 1.165) is 0 Å². The Morgan fingerprint density at radius 2 is 1.67 bits per heavy atom. The van der Waals surface area contributed by atoms with Crippen molar-refractivity contribution >= 4 is 5.57 Å². The molecule has 15 heavy (non-hydrogen) atoms. The average molecular weight is 200 g/mol. The highest BCUT2D eigenvalue weighted by molar-refractivity contribution is 5.75. The summed E-state index contributed by atoms with van der Waals surface area (Å²) in [5, 5.41) is 0. The first-order chi connectivity index (χ1) is 7.11. The molecular formula is C15H20. The molecule has 2 rings (SSSR count). The zero-order valence-corrected chi connectivity index (χ0v) is 10.1. The lowest BCUT2D eigenvalue weighted by molar-refractivity contribution is 0.584. The topological polar surface area (TPSA) is 0 Å². The summed E-state index contributed by atoms with van der Waals surface area (Å²) in [5.41, 5.74) is 4.53. The second kappa shape index (κ2) is 3.84. The number of rotatable bonds is 2. The molecule has 0 heteroatoms. The number of fused-ring (bicyclic) bond motifs is 1. The number of allylic oxidation sites excluding steroid dienone is 2. The van der Waals surface area contributed by atoms with Crippen molar-refractivity contribution < 1.29 is 0 Å². The molecule has 0 radical (unpaired) electrons. The summed E-state index contributed by atoms with van der Waals surface area (Å²) < 4.78 is 0. The Balaban J connectivity index is 2.49. The van der Waals surface area contributed by atoms with Crippen molar-refractivity contribution in [3.63, 3.8) is 0 Å². The lowest BCUT2D eigenvalue weighted by Gasteiger charge is -2.14. The summed E-state index contributed by atoms with van der Waals surface area (Å²) >= 11 is 0. The van der Waals surface area contributed by atoms with Gasteiger partial charge in [0.15, 0.2) is 0 Å². The minimum Gasteiger partial charge on any atom is -0.0726 e. The molecule has 0 amide bonds. The van der Waals surface area contributed by atoms with Crippen LogP contribution in [0.25, 0.3) is 5.57 Å². The van der Waals surface area contributed by atoms with Gasteiger partial charge in [0.05, 0.1) is 0 Å². The monoisotopic (exact) mass is 200 g/mol. The Bertz CT molecular complexity index is 383. The van der Waals surface area contributed by atoms with Gasteiger partial charge in [-0.25, -0.2) is 0 Å². The zero-order chi connectivity index (χ0) is 11.0. The predicted octanol–water partition coefficient (Wildman–Crippen LogP) is 4.48. The third-order valence-electron chi connectivity index (χ3n) is 3.33. The minimum atomic E-state index is 0.624. The Labute approximate surface area is 93.0 Å². The fourth-order valence-corrected chi connectivity index (χ4v) is 2.48. The second-order valence-corrected chi connectivity index (χ2v) is 5.13. The number of benzene rings is 1. The van der Waals surface area contributed by atoms with Gasteiger partial charge in [-0.3, -0.25) is 0 Å². The molecule has 0 fully saturated rings. The quantitative estimate of drug-likeness (QED) is 0.660. The summed E-state index contributed by atoms with van der Waals surface area (Å²) in [6.07, 6.45) is 2.47. The van der Waals surface area contributed by atoms with E-state index < -0.39 is 0 Å². The molecule has 0 bridgehead atoms. The van der Waals surface area contributed by atoms with Gasteiger partial charge >= 0.3 is 0 Å². The van der Waals surface area contributed by atoms with Crippen molar-refractivity contribution in [3.05, 3.63) is 41.5 Å². The van der Waals surface area contributed by atoms with Gasteiger partial charge < -0.3 is 0 Å². The minimum absolute atomic E-state index is 0.624. The smallest absolute Gasteiger partial charge is 0.00531 e. The third-order valence-corrected chi connectivity index (χ3v) is 3.33. The number of hydrogen-bond acceptors (Lipinski definition) is 0. The molecule has 1 aromatic rings. The van der Waals surface area contributed by atoms with Crippen LogP contribution in [0.5, 0.6) is 0 Å². The van der Waals surface area contributed by atoms with Gasteiger partial charge in [0.1, 0.15) is 0 Å². The van der Waals surface area contributed by atoms with Crippen LogP contribution in [0.15, 0.2) is 30.3 Å². The van der Waals surface area contributed by atoms with Crippen molar-refractivity contribution in [2.24, 2.45) is 11.8 Å². The highest BCUT2D eigenvalue weighted by Gasteiger charge is 2.25. The molecular weight excluding hydrogens is 180 g/mol. The fourth-order valence-electron chi connectivity index (χ4n) is 2.48. The maximum absolute atomic E-state index is 2.47. The van der Waals surface area contributed by atoms with Crippen LogP contribution < -0.4 is 0 Å². The van der Waals surface area contributed by atoms with Gasteiger partial charge in [-0.2, -0.15) is 0 Å². The van der Waals surface area contributed by atoms with Crippen molar-refractivity contribution in [3.8, 4) is 0 Å².